The Morgan fingerprint density at radius 2 is 2.30 bits per heavy atom. The van der Waals surface area contributed by atoms with E-state index in [0.29, 0.717) is 6.10 Å². The molecule has 1 N–H and O–H groups in total. The van der Waals surface area contributed by atoms with E-state index in [1.807, 2.05) is 12.4 Å². The van der Waals surface area contributed by atoms with Crippen molar-refractivity contribution in [3.63, 3.8) is 0 Å². The first-order chi connectivity index (χ1) is 9.86. The van der Waals surface area contributed by atoms with Gasteiger partial charge >= 0.3 is 0 Å². The van der Waals surface area contributed by atoms with Crippen LogP contribution in [-0.2, 0) is 11.3 Å². The molecule has 0 amide bonds. The average Bonchev–Trinajstić information content (AvgIpc) is 3.18. The van der Waals surface area contributed by atoms with Crippen LogP contribution in [-0.4, -0.2) is 36.8 Å². The number of hydrogen-bond donors (Lipinski definition) is 1. The van der Waals surface area contributed by atoms with Crippen molar-refractivity contribution in [3.8, 4) is 0 Å². The molecule has 2 fully saturated rings. The molecule has 20 heavy (non-hydrogen) atoms. The Labute approximate surface area is 121 Å². The first-order valence-electron chi connectivity index (χ1n) is 7.89. The third-order valence-corrected chi connectivity index (χ3v) is 4.22. The molecule has 1 aromatic rings. The number of hydrogen-bond acceptors (Lipinski definition) is 4. The fraction of sp³-hybridized carbons (Fsp3) is 0.688. The number of nitrogens with zero attached hydrogens (tertiary/aromatic N) is 2. The maximum Gasteiger partial charge on any atom is 0.0750 e. The summed E-state index contributed by atoms with van der Waals surface area (Å²) in [5, 5.41) is 3.60. The van der Waals surface area contributed by atoms with Crippen LogP contribution in [0.5, 0.6) is 0 Å². The number of nitrogens with one attached hydrogen (secondary N) is 1. The van der Waals surface area contributed by atoms with Crippen LogP contribution >= 0.6 is 0 Å². The Bertz CT molecular complexity index is 427. The lowest BCUT2D eigenvalue weighted by atomic mass is 10.1. The van der Waals surface area contributed by atoms with Gasteiger partial charge in [0.1, 0.15) is 0 Å². The van der Waals surface area contributed by atoms with Crippen LogP contribution in [0.15, 0.2) is 18.5 Å². The van der Waals surface area contributed by atoms with Crippen molar-refractivity contribution in [1.82, 2.24) is 10.3 Å². The minimum absolute atomic E-state index is 0.388. The van der Waals surface area contributed by atoms with Crippen LogP contribution in [0.2, 0.25) is 0 Å². The number of aromatic nitrogens is 1. The van der Waals surface area contributed by atoms with Crippen LogP contribution in [0.3, 0.4) is 0 Å². The Morgan fingerprint density at radius 3 is 3.00 bits per heavy atom. The molecule has 0 aromatic carbocycles. The molecule has 1 unspecified atom stereocenters. The lowest BCUT2D eigenvalue weighted by molar-refractivity contribution is 0.115. The van der Waals surface area contributed by atoms with Crippen LogP contribution in [0, 0.1) is 0 Å². The van der Waals surface area contributed by atoms with Crippen molar-refractivity contribution in [2.75, 3.05) is 24.6 Å². The SMILES string of the molecule is CCN(CC1CCCO1)c1cnccc1CNC1CC1. The molecule has 1 aromatic heterocycles. The van der Waals surface area contributed by atoms with Crippen LogP contribution < -0.4 is 10.2 Å². The highest BCUT2D eigenvalue weighted by Gasteiger charge is 2.22. The number of pyridine rings is 1. The largest absolute Gasteiger partial charge is 0.376 e. The van der Waals surface area contributed by atoms with Gasteiger partial charge in [0.05, 0.1) is 18.0 Å². The summed E-state index contributed by atoms with van der Waals surface area (Å²) in [5.74, 6) is 0. The van der Waals surface area contributed by atoms with Crippen molar-refractivity contribution in [1.29, 1.82) is 0 Å². The highest BCUT2D eigenvalue weighted by atomic mass is 16.5. The van der Waals surface area contributed by atoms with Gasteiger partial charge in [-0.2, -0.15) is 0 Å². The maximum absolute atomic E-state index is 5.78. The zero-order valence-electron chi connectivity index (χ0n) is 12.3. The highest BCUT2D eigenvalue weighted by molar-refractivity contribution is 5.51. The first kappa shape index (κ1) is 13.8. The van der Waals surface area contributed by atoms with E-state index in [-0.39, 0.29) is 0 Å². The quantitative estimate of drug-likeness (QED) is 0.829. The highest BCUT2D eigenvalue weighted by Crippen LogP contribution is 2.24. The number of likely N-dealkylation sites (N-methyl/N-ethyl adjacent to an activating group) is 1. The second kappa shape index (κ2) is 6.55. The normalized spacial score (nSPS) is 22.1. The molecule has 2 heterocycles. The van der Waals surface area contributed by atoms with Crippen LogP contribution in [0.25, 0.3) is 0 Å². The van der Waals surface area contributed by atoms with Crippen molar-refractivity contribution >= 4 is 5.69 Å². The molecule has 1 saturated heterocycles. The van der Waals surface area contributed by atoms with E-state index < -0.39 is 0 Å². The summed E-state index contributed by atoms with van der Waals surface area (Å²) in [6.45, 7) is 6.07. The van der Waals surface area contributed by atoms with Gasteiger partial charge in [0, 0.05) is 38.5 Å². The summed E-state index contributed by atoms with van der Waals surface area (Å²) in [5.41, 5.74) is 2.62. The Balaban J connectivity index is 1.67. The zero-order valence-corrected chi connectivity index (χ0v) is 12.3. The van der Waals surface area contributed by atoms with Crippen molar-refractivity contribution in [2.24, 2.45) is 0 Å². The molecule has 0 radical (unpaired) electrons. The summed E-state index contributed by atoms with van der Waals surface area (Å²) >= 11 is 0. The fourth-order valence-electron chi connectivity index (χ4n) is 2.82. The summed E-state index contributed by atoms with van der Waals surface area (Å²) in [6.07, 6.45) is 9.33. The molecular weight excluding hydrogens is 250 g/mol. The molecule has 0 spiro atoms. The lowest BCUT2D eigenvalue weighted by Gasteiger charge is -2.27. The van der Waals surface area contributed by atoms with E-state index in [4.69, 9.17) is 4.74 Å². The molecule has 4 heteroatoms. The lowest BCUT2D eigenvalue weighted by Crippen LogP contribution is -2.33. The van der Waals surface area contributed by atoms with Crippen molar-refractivity contribution in [3.05, 3.63) is 24.0 Å². The van der Waals surface area contributed by atoms with E-state index in [1.54, 1.807) is 0 Å². The molecule has 2 aliphatic rings. The fourth-order valence-corrected chi connectivity index (χ4v) is 2.82. The van der Waals surface area contributed by atoms with E-state index in [9.17, 15) is 0 Å². The van der Waals surface area contributed by atoms with E-state index >= 15 is 0 Å². The maximum atomic E-state index is 5.78. The second-order valence-corrected chi connectivity index (χ2v) is 5.83. The van der Waals surface area contributed by atoms with Gasteiger partial charge in [-0.3, -0.25) is 4.98 Å². The van der Waals surface area contributed by atoms with Crippen LogP contribution in [0.1, 0.15) is 38.2 Å². The summed E-state index contributed by atoms with van der Waals surface area (Å²) < 4.78 is 5.78. The Kier molecular flexibility index (Phi) is 4.53. The van der Waals surface area contributed by atoms with Crippen molar-refractivity contribution < 1.29 is 4.74 Å². The molecule has 1 aliphatic heterocycles. The van der Waals surface area contributed by atoms with Gasteiger partial charge in [-0.15, -0.1) is 0 Å². The topological polar surface area (TPSA) is 37.4 Å². The predicted molar refractivity (Wildman–Crippen MR) is 81.0 cm³/mol. The molecule has 3 rings (SSSR count). The van der Waals surface area contributed by atoms with Gasteiger partial charge in [0.2, 0.25) is 0 Å². The predicted octanol–water partition coefficient (Wildman–Crippen LogP) is 2.34. The van der Waals surface area contributed by atoms with Crippen LogP contribution in [0.4, 0.5) is 5.69 Å². The van der Waals surface area contributed by atoms with Gasteiger partial charge in [-0.05, 0) is 44.2 Å². The van der Waals surface area contributed by atoms with E-state index in [0.717, 1.165) is 32.3 Å². The number of anilines is 1. The van der Waals surface area contributed by atoms with E-state index in [1.165, 1.54) is 36.9 Å². The van der Waals surface area contributed by atoms with Gasteiger partial charge in [-0.25, -0.2) is 0 Å². The number of ether oxygens (including phenoxy) is 1. The van der Waals surface area contributed by atoms with Crippen molar-refractivity contribution in [2.45, 2.75) is 51.3 Å². The molecule has 4 nitrogen and oxygen atoms in total. The zero-order chi connectivity index (χ0) is 13.8. The minimum Gasteiger partial charge on any atom is -0.376 e. The van der Waals surface area contributed by atoms with Gasteiger partial charge in [0.15, 0.2) is 0 Å². The molecule has 0 bridgehead atoms. The Hall–Kier alpha value is -1.13. The average molecular weight is 275 g/mol. The molecular formula is C16H25N3O. The molecule has 1 atom stereocenters. The third kappa shape index (κ3) is 3.49. The third-order valence-electron chi connectivity index (χ3n) is 4.22. The van der Waals surface area contributed by atoms with Gasteiger partial charge in [-0.1, -0.05) is 0 Å². The summed E-state index contributed by atoms with van der Waals surface area (Å²) in [6, 6.07) is 2.88. The summed E-state index contributed by atoms with van der Waals surface area (Å²) in [4.78, 5) is 6.73. The standard InChI is InChI=1S/C16H25N3O/c1-2-19(12-15-4-3-9-20-15)16-11-17-8-7-13(16)10-18-14-5-6-14/h7-8,11,14-15,18H,2-6,9-10,12H2,1H3. The molecule has 110 valence electrons. The van der Waals surface area contributed by atoms with E-state index in [2.05, 4.69) is 28.2 Å². The molecule has 1 saturated carbocycles. The summed E-state index contributed by atoms with van der Waals surface area (Å²) in [7, 11) is 0. The Morgan fingerprint density at radius 1 is 1.40 bits per heavy atom. The number of rotatable bonds is 7. The molecule has 1 aliphatic carbocycles. The monoisotopic (exact) mass is 275 g/mol. The minimum atomic E-state index is 0.388. The first-order valence-corrected chi connectivity index (χ1v) is 7.89. The van der Waals surface area contributed by atoms with Gasteiger partial charge < -0.3 is 15.0 Å². The van der Waals surface area contributed by atoms with Gasteiger partial charge in [0.25, 0.3) is 0 Å². The smallest absolute Gasteiger partial charge is 0.0750 e. The second-order valence-electron chi connectivity index (χ2n) is 5.83.